The van der Waals surface area contributed by atoms with Crippen molar-refractivity contribution >= 4 is 122 Å². The number of esters is 3. The highest BCUT2D eigenvalue weighted by molar-refractivity contribution is 6.67. The number of alkyl halides is 3. The Balaban J connectivity index is 0.000000306. The molecule has 2 fully saturated rings. The summed E-state index contributed by atoms with van der Waals surface area (Å²) in [6.45, 7) is 26.2. The van der Waals surface area contributed by atoms with E-state index in [0.29, 0.717) is 43.6 Å². The molecule has 7 rings (SSSR count). The number of fused-ring (bicyclic) bond motifs is 5. The van der Waals surface area contributed by atoms with Gasteiger partial charge in [0.1, 0.15) is 36.4 Å². The smallest absolute Gasteiger partial charge is 0.408 e. The van der Waals surface area contributed by atoms with Gasteiger partial charge < -0.3 is 40.2 Å². The van der Waals surface area contributed by atoms with Crippen LogP contribution in [0.25, 0.3) is 33.7 Å². The second-order valence-corrected chi connectivity index (χ2v) is 29.1. The van der Waals surface area contributed by atoms with E-state index in [1.165, 1.54) is 16.9 Å². The zero-order valence-electron chi connectivity index (χ0n) is 55.5. The summed E-state index contributed by atoms with van der Waals surface area (Å²) in [5, 5.41) is 17.5. The Hall–Kier alpha value is -7.44. The van der Waals surface area contributed by atoms with Crippen LogP contribution in [-0.4, -0.2) is 139 Å². The van der Waals surface area contributed by atoms with Crippen LogP contribution in [0.2, 0.25) is 0 Å². The Morgan fingerprint density at radius 1 is 0.785 bits per heavy atom. The minimum atomic E-state index is -1.77. The summed E-state index contributed by atoms with van der Waals surface area (Å²) in [4.78, 5) is 126. The van der Waals surface area contributed by atoms with E-state index in [1.54, 1.807) is 120 Å². The normalized spacial score (nSPS) is 21.5. The zero-order chi connectivity index (χ0) is 69.1. The van der Waals surface area contributed by atoms with E-state index in [1.807, 2.05) is 62.4 Å². The van der Waals surface area contributed by atoms with Gasteiger partial charge >= 0.3 is 24.0 Å². The third kappa shape index (κ3) is 21.5. The number of nitrogens with one attached hydrogen (secondary N) is 6. The molecule has 2 aromatic carbocycles. The molecular weight excluding hydrogens is 1260 g/mol. The molecule has 3 aliphatic rings. The molecule has 93 heavy (non-hydrogen) atoms. The molecule has 5 heterocycles. The highest BCUT2D eigenvalue weighted by Crippen LogP contribution is 2.30. The summed E-state index contributed by atoms with van der Waals surface area (Å²) in [6, 6.07) is 11.6. The van der Waals surface area contributed by atoms with E-state index in [-0.39, 0.29) is 36.4 Å². The third-order valence-electron chi connectivity index (χ3n) is 15.6. The fourth-order valence-electron chi connectivity index (χ4n) is 9.97. The summed E-state index contributed by atoms with van der Waals surface area (Å²) < 4.78 is 20.1. The average molecular weight is 1350 g/mol. The van der Waals surface area contributed by atoms with Crippen LogP contribution in [0.15, 0.2) is 73.1 Å². The largest absolute Gasteiger partial charge is 0.460 e. The molecule has 23 nitrogen and oxygen atoms in total. The van der Waals surface area contributed by atoms with E-state index in [4.69, 9.17) is 53.8 Å². The van der Waals surface area contributed by atoms with Gasteiger partial charge in [0.05, 0.1) is 34.3 Å². The average Bonchev–Trinajstić information content (AvgIpc) is 1.23. The summed E-state index contributed by atoms with van der Waals surface area (Å²) >= 11 is 17.0. The van der Waals surface area contributed by atoms with Crippen molar-refractivity contribution in [2.75, 3.05) is 19.7 Å². The van der Waals surface area contributed by atoms with E-state index in [2.05, 4.69) is 42.1 Å². The monoisotopic (exact) mass is 1350 g/mol. The first-order chi connectivity index (χ1) is 43.3. The van der Waals surface area contributed by atoms with Crippen molar-refractivity contribution in [3.05, 3.63) is 95.6 Å². The Labute approximate surface area is 558 Å². The number of halogens is 3. The number of aromatic nitrogens is 2. The number of nitrogens with zero attached hydrogens (tertiary/aromatic N) is 4. The SMILES string of the molecule is CC(C)[C@@H]1OC(=O)C(C)(C)/C=C/c2cc3cc(ccc3cn2)[C@@H](C)NC(=O)[C@@H]2CCCN(N2)C(=O)[C@H](C)NC1=O.CC(C)[C@H](OC(=O)C(C)(C)/C=C/c1cc2cc([C@@H](C)NC(=O)OC(C)(C)C)ccc2cn1)C(=O)N[C@@H](C)C(=O)N1CCC[C@@H](C(=O)OCC(Cl)(Cl)Cl)N1. The Morgan fingerprint density at radius 3 is 2.09 bits per heavy atom. The van der Waals surface area contributed by atoms with Crippen molar-refractivity contribution in [3.8, 4) is 0 Å². The van der Waals surface area contributed by atoms with Gasteiger partial charge in [-0.1, -0.05) is 98.9 Å². The molecule has 0 saturated carbocycles. The summed E-state index contributed by atoms with van der Waals surface area (Å²) in [5.74, 6) is -4.93. The molecule has 26 heteroatoms. The Bertz CT molecular complexity index is 3470. The zero-order valence-corrected chi connectivity index (χ0v) is 57.8. The number of ether oxygens (including phenoxy) is 4. The van der Waals surface area contributed by atoms with Gasteiger partial charge in [-0.05, 0) is 172 Å². The van der Waals surface area contributed by atoms with Gasteiger partial charge in [-0.15, -0.1) is 0 Å². The van der Waals surface area contributed by atoms with Gasteiger partial charge in [-0.3, -0.25) is 58.3 Å². The Morgan fingerprint density at radius 2 is 1.43 bits per heavy atom. The molecular formula is C67H89Cl3N10O13. The molecule has 6 N–H and O–H groups in total. The highest BCUT2D eigenvalue weighted by atomic mass is 35.6. The lowest BCUT2D eigenvalue weighted by Crippen LogP contribution is -2.61. The Kier molecular flexibility index (Phi) is 25.4. The molecule has 0 unspecified atom stereocenters. The third-order valence-corrected chi connectivity index (χ3v) is 15.9. The number of carbonyl (C=O) groups excluding carboxylic acids is 9. The van der Waals surface area contributed by atoms with Crippen LogP contribution in [0.3, 0.4) is 0 Å². The number of alkyl carbamates (subject to hydrolysis) is 1. The topological polar surface area (TPSA) is 295 Å². The van der Waals surface area contributed by atoms with Gasteiger partial charge in [-0.25, -0.2) is 15.6 Å². The maximum atomic E-state index is 13.4. The molecule has 2 saturated heterocycles. The second kappa shape index (κ2) is 31.7. The minimum absolute atomic E-state index is 0.208. The molecule has 2 aromatic heterocycles. The lowest BCUT2D eigenvalue weighted by Gasteiger charge is -2.35. The first-order valence-corrected chi connectivity index (χ1v) is 32.3. The van der Waals surface area contributed by atoms with Gasteiger partial charge in [0.2, 0.25) is 9.70 Å². The predicted octanol–water partition coefficient (Wildman–Crippen LogP) is 9.37. The van der Waals surface area contributed by atoms with Crippen molar-refractivity contribution in [2.24, 2.45) is 22.7 Å². The highest BCUT2D eigenvalue weighted by Gasteiger charge is 2.39. The van der Waals surface area contributed by atoms with Gasteiger partial charge in [0.25, 0.3) is 23.6 Å². The van der Waals surface area contributed by atoms with Crippen LogP contribution in [0, 0.1) is 22.7 Å². The molecule has 6 amide bonds. The van der Waals surface area contributed by atoms with Gasteiger partial charge in [-0.2, -0.15) is 0 Å². The van der Waals surface area contributed by atoms with Crippen LogP contribution in [-0.2, 0) is 57.3 Å². The van der Waals surface area contributed by atoms with Crippen molar-refractivity contribution < 1.29 is 62.1 Å². The van der Waals surface area contributed by atoms with Crippen molar-refractivity contribution in [3.63, 3.8) is 0 Å². The fraction of sp³-hybridized carbons (Fsp3) is 0.537. The van der Waals surface area contributed by atoms with Crippen LogP contribution in [0.1, 0.15) is 164 Å². The summed E-state index contributed by atoms with van der Waals surface area (Å²) in [7, 11) is 0. The van der Waals surface area contributed by atoms with Crippen LogP contribution >= 0.6 is 34.8 Å². The van der Waals surface area contributed by atoms with Crippen molar-refractivity contribution in [1.82, 2.24) is 52.1 Å². The number of benzene rings is 2. The molecule has 506 valence electrons. The second-order valence-electron chi connectivity index (χ2n) is 26.6. The lowest BCUT2D eigenvalue weighted by molar-refractivity contribution is -0.165. The number of pyridine rings is 2. The van der Waals surface area contributed by atoms with Crippen molar-refractivity contribution in [1.29, 1.82) is 0 Å². The van der Waals surface area contributed by atoms with Crippen LogP contribution in [0.4, 0.5) is 4.79 Å². The molecule has 0 spiro atoms. The van der Waals surface area contributed by atoms with Crippen molar-refractivity contribution in [2.45, 2.75) is 187 Å². The maximum absolute atomic E-state index is 13.4. The molecule has 0 radical (unpaired) electrons. The maximum Gasteiger partial charge on any atom is 0.408 e. The lowest BCUT2D eigenvalue weighted by atomic mass is 9.92. The van der Waals surface area contributed by atoms with E-state index in [0.717, 1.165) is 32.7 Å². The first-order valence-electron chi connectivity index (χ1n) is 31.2. The quantitative estimate of drug-likeness (QED) is 0.0413. The number of hydrazine groups is 2. The van der Waals surface area contributed by atoms with Gasteiger partial charge in [0.15, 0.2) is 12.2 Å². The fourth-order valence-corrected chi connectivity index (χ4v) is 10.1. The first kappa shape index (κ1) is 74.6. The molecule has 5 bridgehead atoms. The van der Waals surface area contributed by atoms with E-state index >= 15 is 0 Å². The van der Waals surface area contributed by atoms with E-state index < -0.39 is 111 Å². The molecule has 4 aromatic rings. The van der Waals surface area contributed by atoms with E-state index in [9.17, 15) is 43.2 Å². The molecule has 0 aliphatic carbocycles. The van der Waals surface area contributed by atoms with Gasteiger partial charge in [0, 0.05) is 36.3 Å². The number of hydrogen-bond acceptors (Lipinski definition) is 17. The number of rotatable bonds is 13. The molecule has 8 atom stereocenters. The number of cyclic esters (lactones) is 1. The molecule has 3 aliphatic heterocycles. The van der Waals surface area contributed by atoms with Crippen LogP contribution < -0.4 is 32.1 Å². The summed E-state index contributed by atoms with van der Waals surface area (Å²) in [5.41, 5.74) is 6.07. The number of hydrogen-bond donors (Lipinski definition) is 6. The predicted molar refractivity (Wildman–Crippen MR) is 355 cm³/mol. The number of carbonyl (C=O) groups is 9. The minimum Gasteiger partial charge on any atom is -0.460 e. The van der Waals surface area contributed by atoms with Crippen LogP contribution in [0.5, 0.6) is 0 Å². The summed E-state index contributed by atoms with van der Waals surface area (Å²) in [6.07, 6.45) is 9.59. The standard InChI is InChI=1S/C37H50Cl3N5O8.C30H39N5O5/c1-21(2)29(30(46)42-23(4)31(47)45-16-10-11-28(44-45)32(48)51-20-37(38,39)40)52-33(49)36(8,9)15-14-27-18-26-17-24(12-13-25(26)19-41-27)22(3)43-34(50)53-35(5,6)7;1-17(2)25-27(37)33-19(4)28(38)35-13-7-8-24(34-35)26(36)32-18(3)20-9-10-21-16-31-23(15-22(21)14-20)11-12-30(5,6)29(39)40-25/h12-15,17-19,21-23,28-29,44H,10-11,16,20H2,1-9H3,(H,42,46)(H,43,50);9-12,14-19,24-25,34H,7-8,13H2,1-6H3,(H,32,36)(H,33,37)/b15-14+;12-11+/t22-,23+,28+,29+;18-,19+,24+,25+/m11/s1. The number of amides is 6.